The van der Waals surface area contributed by atoms with E-state index in [9.17, 15) is 9.59 Å². The van der Waals surface area contributed by atoms with Gasteiger partial charge in [0, 0.05) is 56.1 Å². The Morgan fingerprint density at radius 3 is 1.75 bits per heavy atom. The van der Waals surface area contributed by atoms with Crippen molar-refractivity contribution < 1.29 is 57.6 Å². The zero-order valence-electron chi connectivity index (χ0n) is 34.1. The van der Waals surface area contributed by atoms with E-state index in [-0.39, 0.29) is 54.6 Å². The number of nitrogens with one attached hydrogen (secondary N) is 1. The van der Waals surface area contributed by atoms with E-state index in [1.165, 1.54) is 6.42 Å². The van der Waals surface area contributed by atoms with Gasteiger partial charge in [0.05, 0.1) is 6.42 Å². The Hall–Kier alpha value is -1.42. The van der Waals surface area contributed by atoms with E-state index >= 15 is 0 Å². The molecule has 2 aliphatic carbocycles. The molecular weight excluding hydrogens is 710 g/mol. The molecule has 10 rings (SSSR count). The van der Waals surface area contributed by atoms with Crippen LogP contribution in [0.4, 0.5) is 0 Å². The molecule has 0 aromatic rings. The standard InChI is InChI=1S/C42H67NO12/c1-25-13-15-31-27(3)35(48-37-41(31)29(25)19-21-39(5,50-37)52-54-41)46-24-12-10-8-7-9-11-23-43-33(44)17-18-34(45)47-36-28(4)32-16-14-26(2)30-20-22-40(6)51-38(49-36)42(30,32)55-53-40/h25-32,35-38H,7-24H2,1-6H3,(H,43,44)/t25-,26-,27-,28-,29?,30?,31?,32?,35+,36-,37-,38-,39-,40-,41-,42-/m1/s1. The summed E-state index contributed by atoms with van der Waals surface area (Å²) in [5, 5.41) is 2.96. The Morgan fingerprint density at radius 2 is 1.15 bits per heavy atom. The second-order valence-electron chi connectivity index (χ2n) is 18.9. The summed E-state index contributed by atoms with van der Waals surface area (Å²) in [6.45, 7) is 14.0. The van der Waals surface area contributed by atoms with Crippen molar-refractivity contribution in [3.8, 4) is 0 Å². The van der Waals surface area contributed by atoms with Gasteiger partial charge < -0.3 is 33.7 Å². The number of carbonyl (C=O) groups excluding carboxylic acids is 2. The van der Waals surface area contributed by atoms with Crippen molar-refractivity contribution >= 4 is 11.9 Å². The molecule has 16 atom stereocenters. The molecule has 2 spiro atoms. The lowest BCUT2D eigenvalue weighted by molar-refractivity contribution is -0.577. The lowest BCUT2D eigenvalue weighted by atomic mass is 9.58. The Bertz CT molecular complexity index is 1390. The van der Waals surface area contributed by atoms with Crippen molar-refractivity contribution in [3.63, 3.8) is 0 Å². The van der Waals surface area contributed by atoms with Crippen molar-refractivity contribution in [3.05, 3.63) is 0 Å². The molecule has 13 nitrogen and oxygen atoms in total. The van der Waals surface area contributed by atoms with Crippen LogP contribution in [0, 0.1) is 47.3 Å². The van der Waals surface area contributed by atoms with Crippen molar-refractivity contribution in [2.75, 3.05) is 13.2 Å². The fourth-order valence-electron chi connectivity index (χ4n) is 11.9. The minimum Gasteiger partial charge on any atom is -0.435 e. The first-order chi connectivity index (χ1) is 26.4. The molecule has 8 saturated heterocycles. The third-order valence-corrected chi connectivity index (χ3v) is 15.2. The highest BCUT2D eigenvalue weighted by Crippen LogP contribution is 2.62. The van der Waals surface area contributed by atoms with Crippen molar-refractivity contribution in [2.24, 2.45) is 47.3 Å². The van der Waals surface area contributed by atoms with Crippen LogP contribution in [-0.4, -0.2) is 73.0 Å². The predicted octanol–water partition coefficient (Wildman–Crippen LogP) is 7.20. The average Bonchev–Trinajstić information content (AvgIpc) is 3.53. The Kier molecular flexibility index (Phi) is 11.7. The van der Waals surface area contributed by atoms with Gasteiger partial charge in [0.25, 0.3) is 0 Å². The summed E-state index contributed by atoms with van der Waals surface area (Å²) in [4.78, 5) is 49.7. The van der Waals surface area contributed by atoms with Crippen LogP contribution in [0.25, 0.3) is 0 Å². The first-order valence-electron chi connectivity index (χ1n) is 21.9. The molecule has 10 fully saturated rings. The zero-order valence-corrected chi connectivity index (χ0v) is 34.1. The van der Waals surface area contributed by atoms with E-state index in [0.717, 1.165) is 83.5 Å². The average molecular weight is 778 g/mol. The number of carbonyl (C=O) groups is 2. The van der Waals surface area contributed by atoms with E-state index in [1.807, 2.05) is 13.8 Å². The molecule has 2 saturated carbocycles. The molecule has 1 amide bonds. The van der Waals surface area contributed by atoms with Gasteiger partial charge in [-0.05, 0) is 88.9 Å². The van der Waals surface area contributed by atoms with Crippen LogP contribution in [0.15, 0.2) is 0 Å². The van der Waals surface area contributed by atoms with Crippen LogP contribution in [0.1, 0.15) is 144 Å². The molecule has 4 bridgehead atoms. The largest absolute Gasteiger partial charge is 0.435 e. The molecule has 0 aromatic heterocycles. The molecule has 0 aromatic carbocycles. The minimum atomic E-state index is -0.886. The second-order valence-corrected chi connectivity index (χ2v) is 18.9. The fourth-order valence-corrected chi connectivity index (χ4v) is 11.9. The van der Waals surface area contributed by atoms with Crippen molar-refractivity contribution in [2.45, 2.75) is 192 Å². The SMILES string of the molecule is C[C@@H]1CCC2[C@@H](C)[C@H](OC(=O)CCC(=O)NCCCCCCCCO[C@H]3O[C@@H]4O[C@@]5(C)CCC6[C@H](C)CCC([C@H]3C)[C@]64OO5)O[C@@H]3O[C@@]4(C)CCC1[C@@]23OO4. The summed E-state index contributed by atoms with van der Waals surface area (Å²) in [6.07, 6.45) is 11.8. The van der Waals surface area contributed by atoms with Crippen LogP contribution in [0.3, 0.4) is 0 Å². The third-order valence-electron chi connectivity index (χ3n) is 15.2. The van der Waals surface area contributed by atoms with Gasteiger partial charge in [-0.1, -0.05) is 53.4 Å². The summed E-state index contributed by atoms with van der Waals surface area (Å²) in [6, 6.07) is 0. The Balaban J connectivity index is 0.689. The number of amides is 1. The van der Waals surface area contributed by atoms with E-state index in [4.69, 9.17) is 48.0 Å². The van der Waals surface area contributed by atoms with Gasteiger partial charge in [-0.25, -0.2) is 19.6 Å². The van der Waals surface area contributed by atoms with Crippen LogP contribution in [0.2, 0.25) is 0 Å². The van der Waals surface area contributed by atoms with Crippen LogP contribution in [0.5, 0.6) is 0 Å². The summed E-state index contributed by atoms with van der Waals surface area (Å²) in [5.41, 5.74) is -1.26. The smallest absolute Gasteiger partial charge is 0.308 e. The number of ether oxygens (including phenoxy) is 6. The number of rotatable bonds is 14. The number of fused-ring (bicyclic) bond motifs is 4. The summed E-state index contributed by atoms with van der Waals surface area (Å²) < 4.78 is 37.9. The van der Waals surface area contributed by atoms with Crippen molar-refractivity contribution in [1.29, 1.82) is 0 Å². The molecule has 13 heteroatoms. The Labute approximate surface area is 327 Å². The van der Waals surface area contributed by atoms with Gasteiger partial charge in [-0.2, -0.15) is 0 Å². The number of unbranched alkanes of at least 4 members (excludes halogenated alkanes) is 5. The molecule has 4 unspecified atom stereocenters. The van der Waals surface area contributed by atoms with E-state index in [2.05, 4.69) is 33.0 Å². The lowest BCUT2D eigenvalue weighted by Crippen LogP contribution is -2.70. The van der Waals surface area contributed by atoms with Crippen molar-refractivity contribution in [1.82, 2.24) is 5.32 Å². The highest BCUT2D eigenvalue weighted by Gasteiger charge is 2.71. The van der Waals surface area contributed by atoms with Gasteiger partial charge in [-0.3, -0.25) is 9.59 Å². The van der Waals surface area contributed by atoms with Gasteiger partial charge in [-0.15, -0.1) is 0 Å². The quantitative estimate of drug-likeness (QED) is 0.108. The first kappa shape index (κ1) is 40.4. The zero-order chi connectivity index (χ0) is 38.6. The van der Waals surface area contributed by atoms with Gasteiger partial charge >= 0.3 is 5.97 Å². The fraction of sp³-hybridized carbons (Fsp3) is 0.952. The molecule has 312 valence electrons. The lowest BCUT2D eigenvalue weighted by Gasteiger charge is -2.60. The maximum atomic E-state index is 12.9. The highest BCUT2D eigenvalue weighted by molar-refractivity contribution is 5.81. The van der Waals surface area contributed by atoms with Gasteiger partial charge in [0.1, 0.15) is 0 Å². The molecule has 1 N–H and O–H groups in total. The maximum Gasteiger partial charge on any atom is 0.308 e. The molecule has 8 aliphatic heterocycles. The van der Waals surface area contributed by atoms with Gasteiger partial charge in [0.2, 0.25) is 23.8 Å². The molecule has 55 heavy (non-hydrogen) atoms. The highest BCUT2D eigenvalue weighted by atomic mass is 17.3. The third kappa shape index (κ3) is 7.43. The van der Waals surface area contributed by atoms with Crippen LogP contribution < -0.4 is 5.32 Å². The second kappa shape index (κ2) is 16.0. The minimum absolute atomic E-state index is 0.0000142. The molecule has 8 heterocycles. The van der Waals surface area contributed by atoms with Gasteiger partial charge in [0.15, 0.2) is 30.1 Å². The summed E-state index contributed by atoms with van der Waals surface area (Å²) in [7, 11) is 0. The predicted molar refractivity (Wildman–Crippen MR) is 196 cm³/mol. The topological polar surface area (TPSA) is 138 Å². The molecule has 10 aliphatic rings. The maximum absolute atomic E-state index is 12.9. The summed E-state index contributed by atoms with van der Waals surface area (Å²) in [5.74, 6) is -0.210. The number of esters is 1. The molecule has 0 radical (unpaired) electrons. The van der Waals surface area contributed by atoms with E-state index in [1.54, 1.807) is 0 Å². The number of hydrogen-bond donors (Lipinski definition) is 1. The molecular formula is C42H67NO12. The van der Waals surface area contributed by atoms with E-state index < -0.39 is 47.6 Å². The van der Waals surface area contributed by atoms with Crippen LogP contribution >= 0.6 is 0 Å². The monoisotopic (exact) mass is 777 g/mol. The van der Waals surface area contributed by atoms with E-state index in [0.29, 0.717) is 30.9 Å². The summed E-state index contributed by atoms with van der Waals surface area (Å²) >= 11 is 0. The Morgan fingerprint density at radius 1 is 0.618 bits per heavy atom. The van der Waals surface area contributed by atoms with Crippen LogP contribution in [-0.2, 0) is 57.6 Å². The first-order valence-corrected chi connectivity index (χ1v) is 21.9. The number of hydrogen-bond acceptors (Lipinski definition) is 12. The normalized spacial score (nSPS) is 48.3.